The van der Waals surface area contributed by atoms with Crippen LogP contribution in [0.1, 0.15) is 33.1 Å². The van der Waals surface area contributed by atoms with Gasteiger partial charge in [0.1, 0.15) is 0 Å². The summed E-state index contributed by atoms with van der Waals surface area (Å²) in [4.78, 5) is 22.7. The summed E-state index contributed by atoms with van der Waals surface area (Å²) < 4.78 is 5.43. The summed E-state index contributed by atoms with van der Waals surface area (Å²) >= 11 is 0. The highest BCUT2D eigenvalue weighted by atomic mass is 16.5. The highest BCUT2D eigenvalue weighted by Gasteiger charge is 2.50. The van der Waals surface area contributed by atoms with Crippen LogP contribution in [-0.2, 0) is 9.53 Å². The molecule has 6 nitrogen and oxygen atoms in total. The van der Waals surface area contributed by atoms with Gasteiger partial charge in [0.15, 0.2) is 0 Å². The number of urea groups is 1. The Balaban J connectivity index is 1.81. The molecule has 2 amide bonds. The zero-order valence-electron chi connectivity index (χ0n) is 10.8. The summed E-state index contributed by atoms with van der Waals surface area (Å²) in [6, 6.07) is -0.317. The molecule has 18 heavy (non-hydrogen) atoms. The molecule has 0 spiro atoms. The summed E-state index contributed by atoms with van der Waals surface area (Å²) in [5.74, 6) is -0.827. The molecule has 1 saturated carbocycles. The third-order valence-corrected chi connectivity index (χ3v) is 4.18. The van der Waals surface area contributed by atoms with Crippen LogP contribution in [0.2, 0.25) is 0 Å². The van der Waals surface area contributed by atoms with Crippen molar-refractivity contribution in [3.05, 3.63) is 0 Å². The van der Waals surface area contributed by atoms with Crippen LogP contribution in [0.25, 0.3) is 0 Å². The lowest BCUT2D eigenvalue weighted by atomic mass is 9.95. The second-order valence-corrected chi connectivity index (χ2v) is 5.57. The maximum absolute atomic E-state index is 11.8. The molecule has 2 atom stereocenters. The van der Waals surface area contributed by atoms with E-state index in [0.29, 0.717) is 19.4 Å². The van der Waals surface area contributed by atoms with Crippen molar-refractivity contribution in [1.82, 2.24) is 10.6 Å². The quantitative estimate of drug-likeness (QED) is 0.691. The maximum Gasteiger partial charge on any atom is 0.315 e. The first-order valence-electron chi connectivity index (χ1n) is 6.29. The summed E-state index contributed by atoms with van der Waals surface area (Å²) in [5.41, 5.74) is -1.10. The van der Waals surface area contributed by atoms with Crippen molar-refractivity contribution in [2.75, 3.05) is 13.2 Å². The Morgan fingerprint density at radius 3 is 2.50 bits per heavy atom. The molecule has 0 aromatic heterocycles. The fraction of sp³-hybridized carbons (Fsp3) is 0.833. The van der Waals surface area contributed by atoms with E-state index in [9.17, 15) is 9.59 Å². The maximum atomic E-state index is 11.8. The van der Waals surface area contributed by atoms with E-state index in [1.165, 1.54) is 0 Å². The first-order valence-corrected chi connectivity index (χ1v) is 6.29. The van der Waals surface area contributed by atoms with Crippen LogP contribution in [0.15, 0.2) is 0 Å². The molecule has 0 aromatic carbocycles. The number of aliphatic carboxylic acids is 1. The minimum Gasteiger partial charge on any atom is -0.481 e. The van der Waals surface area contributed by atoms with Gasteiger partial charge in [0.2, 0.25) is 0 Å². The first kappa shape index (κ1) is 13.1. The largest absolute Gasteiger partial charge is 0.481 e. The second-order valence-electron chi connectivity index (χ2n) is 5.57. The van der Waals surface area contributed by atoms with Gasteiger partial charge in [0.05, 0.1) is 17.1 Å². The van der Waals surface area contributed by atoms with Crippen LogP contribution >= 0.6 is 0 Å². The molecule has 102 valence electrons. The lowest BCUT2D eigenvalue weighted by molar-refractivity contribution is -0.143. The predicted octanol–water partition coefficient (Wildman–Crippen LogP) is 0.718. The van der Waals surface area contributed by atoms with Gasteiger partial charge in [0, 0.05) is 13.2 Å². The second kappa shape index (κ2) is 4.42. The average Bonchev–Trinajstić information content (AvgIpc) is 3.01. The Hall–Kier alpha value is -1.30. The molecule has 0 aromatic rings. The van der Waals surface area contributed by atoms with Crippen molar-refractivity contribution in [2.45, 2.75) is 44.8 Å². The van der Waals surface area contributed by atoms with Crippen LogP contribution in [0.3, 0.4) is 0 Å². The fourth-order valence-corrected chi connectivity index (χ4v) is 2.17. The molecule has 6 heteroatoms. The minimum atomic E-state index is -0.827. The fourth-order valence-electron chi connectivity index (χ4n) is 2.17. The Kier molecular flexibility index (Phi) is 3.23. The number of carbonyl (C=O) groups is 2. The van der Waals surface area contributed by atoms with Gasteiger partial charge in [0.25, 0.3) is 0 Å². The van der Waals surface area contributed by atoms with Crippen LogP contribution in [0, 0.1) is 5.41 Å². The summed E-state index contributed by atoms with van der Waals surface area (Å²) in [5, 5.41) is 14.5. The van der Waals surface area contributed by atoms with E-state index in [1.807, 2.05) is 13.8 Å². The highest BCUT2D eigenvalue weighted by molar-refractivity contribution is 5.80. The van der Waals surface area contributed by atoms with E-state index in [-0.39, 0.29) is 24.2 Å². The number of ether oxygens (including phenoxy) is 1. The van der Waals surface area contributed by atoms with Crippen molar-refractivity contribution in [1.29, 1.82) is 0 Å². The SMILES string of the molecule is CC1OCCC1(C)NC(=O)NCC1(C(=O)O)CC1. The Morgan fingerprint density at radius 1 is 1.39 bits per heavy atom. The Bertz CT molecular complexity index is 367. The monoisotopic (exact) mass is 256 g/mol. The number of carboxylic acids is 1. The van der Waals surface area contributed by atoms with Gasteiger partial charge in [-0.1, -0.05) is 0 Å². The molecular weight excluding hydrogens is 236 g/mol. The van der Waals surface area contributed by atoms with Crippen molar-refractivity contribution in [3.63, 3.8) is 0 Å². The first-order chi connectivity index (χ1) is 8.38. The molecule has 0 bridgehead atoms. The number of carbonyl (C=O) groups excluding carboxylic acids is 1. The zero-order chi connectivity index (χ0) is 13.4. The molecule has 1 saturated heterocycles. The van der Waals surface area contributed by atoms with Crippen LogP contribution < -0.4 is 10.6 Å². The molecule has 2 rings (SSSR count). The van der Waals surface area contributed by atoms with Crippen molar-refractivity contribution < 1.29 is 19.4 Å². The molecule has 2 fully saturated rings. The van der Waals surface area contributed by atoms with E-state index in [0.717, 1.165) is 6.42 Å². The van der Waals surface area contributed by atoms with Gasteiger partial charge in [-0.2, -0.15) is 0 Å². The molecule has 3 N–H and O–H groups in total. The number of nitrogens with one attached hydrogen (secondary N) is 2. The van der Waals surface area contributed by atoms with E-state index in [4.69, 9.17) is 9.84 Å². The van der Waals surface area contributed by atoms with Gasteiger partial charge >= 0.3 is 12.0 Å². The Morgan fingerprint density at radius 2 is 2.06 bits per heavy atom. The van der Waals surface area contributed by atoms with Gasteiger partial charge in [-0.3, -0.25) is 4.79 Å². The van der Waals surface area contributed by atoms with E-state index in [2.05, 4.69) is 10.6 Å². The van der Waals surface area contributed by atoms with Gasteiger partial charge in [-0.05, 0) is 33.1 Å². The van der Waals surface area contributed by atoms with Crippen molar-refractivity contribution in [2.24, 2.45) is 5.41 Å². The number of hydrogen-bond donors (Lipinski definition) is 3. The normalized spacial score (nSPS) is 32.9. The minimum absolute atomic E-state index is 0.0300. The predicted molar refractivity (Wildman–Crippen MR) is 64.3 cm³/mol. The Labute approximate surface area is 106 Å². The van der Waals surface area contributed by atoms with Gasteiger partial charge < -0.3 is 20.5 Å². The third kappa shape index (κ3) is 2.43. The lowest BCUT2D eigenvalue weighted by Gasteiger charge is -2.29. The van der Waals surface area contributed by atoms with E-state index in [1.54, 1.807) is 0 Å². The average molecular weight is 256 g/mol. The van der Waals surface area contributed by atoms with Crippen LogP contribution in [0.5, 0.6) is 0 Å². The lowest BCUT2D eigenvalue weighted by Crippen LogP contribution is -2.54. The summed E-state index contributed by atoms with van der Waals surface area (Å²) in [7, 11) is 0. The molecule has 1 heterocycles. The van der Waals surface area contributed by atoms with Crippen LogP contribution in [-0.4, -0.2) is 41.9 Å². The topological polar surface area (TPSA) is 87.7 Å². The number of amides is 2. The molecular formula is C12H20N2O4. The number of rotatable bonds is 4. The molecule has 1 aliphatic heterocycles. The number of hydrogen-bond acceptors (Lipinski definition) is 3. The van der Waals surface area contributed by atoms with Crippen LogP contribution in [0.4, 0.5) is 4.79 Å². The molecule has 2 aliphatic rings. The van der Waals surface area contributed by atoms with Crippen molar-refractivity contribution >= 4 is 12.0 Å². The zero-order valence-corrected chi connectivity index (χ0v) is 10.8. The third-order valence-electron chi connectivity index (χ3n) is 4.18. The van der Waals surface area contributed by atoms with Crippen molar-refractivity contribution in [3.8, 4) is 0 Å². The van der Waals surface area contributed by atoms with E-state index >= 15 is 0 Å². The standard InChI is InChI=1S/C12H20N2O4/c1-8-11(2,5-6-18-8)14-10(17)13-7-12(3-4-12)9(15)16/h8H,3-7H2,1-2H3,(H,15,16)(H2,13,14,17). The smallest absolute Gasteiger partial charge is 0.315 e. The molecule has 1 aliphatic carbocycles. The van der Waals surface area contributed by atoms with Gasteiger partial charge in [-0.15, -0.1) is 0 Å². The summed E-state index contributed by atoms with van der Waals surface area (Å²) in [6.07, 6.45) is 2.02. The molecule has 2 unspecified atom stereocenters. The summed E-state index contributed by atoms with van der Waals surface area (Å²) in [6.45, 7) is 4.69. The molecule has 0 radical (unpaired) electrons. The number of carboxylic acid groups (broad SMARTS) is 1. The van der Waals surface area contributed by atoms with E-state index < -0.39 is 11.4 Å². The highest BCUT2D eigenvalue weighted by Crippen LogP contribution is 2.45. The van der Waals surface area contributed by atoms with Gasteiger partial charge in [-0.25, -0.2) is 4.79 Å².